The summed E-state index contributed by atoms with van der Waals surface area (Å²) in [7, 11) is 0. The third-order valence-corrected chi connectivity index (χ3v) is 3.70. The van der Waals surface area contributed by atoms with Crippen LogP contribution in [0.25, 0.3) is 16.8 Å². The van der Waals surface area contributed by atoms with Crippen molar-refractivity contribution < 1.29 is 0 Å². The van der Waals surface area contributed by atoms with E-state index in [2.05, 4.69) is 25.1 Å². The van der Waals surface area contributed by atoms with Gasteiger partial charge in [0, 0.05) is 12.0 Å². The molecule has 7 nitrogen and oxygen atoms in total. The minimum atomic E-state index is 0.284. The zero-order valence-electron chi connectivity index (χ0n) is 9.74. The van der Waals surface area contributed by atoms with Crippen molar-refractivity contribution in [3.8, 4) is 0 Å². The highest BCUT2D eigenvalue weighted by atomic mass is 15.3. The summed E-state index contributed by atoms with van der Waals surface area (Å²) in [6.45, 7) is 0. The first kappa shape index (κ1) is 9.95. The first-order chi connectivity index (χ1) is 8.83. The monoisotopic (exact) mass is 243 g/mol. The van der Waals surface area contributed by atoms with Crippen LogP contribution in [0.1, 0.15) is 31.0 Å². The Morgan fingerprint density at radius 1 is 1.28 bits per heavy atom. The zero-order valence-corrected chi connectivity index (χ0v) is 9.74. The quantitative estimate of drug-likeness (QED) is 0.652. The molecule has 2 atom stereocenters. The minimum Gasteiger partial charge on any atom is -0.340 e. The van der Waals surface area contributed by atoms with Crippen LogP contribution in [-0.2, 0) is 0 Å². The van der Waals surface area contributed by atoms with Crippen LogP contribution in [0.15, 0.2) is 12.7 Å². The normalized spacial score (nSPS) is 24.3. The van der Waals surface area contributed by atoms with Crippen molar-refractivity contribution in [3.63, 3.8) is 0 Å². The number of hydrogen-bond acceptors (Lipinski definition) is 5. The fourth-order valence-corrected chi connectivity index (χ4v) is 2.78. The van der Waals surface area contributed by atoms with Gasteiger partial charge in [0.15, 0.2) is 11.3 Å². The van der Waals surface area contributed by atoms with E-state index < -0.39 is 0 Å². The molecule has 7 heteroatoms. The first-order valence-corrected chi connectivity index (χ1v) is 6.11. The molecule has 3 N–H and O–H groups in total. The van der Waals surface area contributed by atoms with Crippen molar-refractivity contribution in [1.29, 1.82) is 0 Å². The molecule has 1 saturated carbocycles. The van der Waals surface area contributed by atoms with Crippen LogP contribution in [0.3, 0.4) is 0 Å². The molecule has 0 radical (unpaired) electrons. The molecule has 18 heavy (non-hydrogen) atoms. The lowest BCUT2D eigenvalue weighted by atomic mass is 10.1. The smallest absolute Gasteiger partial charge is 0.189 e. The van der Waals surface area contributed by atoms with Crippen LogP contribution in [0, 0.1) is 0 Å². The lowest BCUT2D eigenvalue weighted by Crippen LogP contribution is -2.15. The predicted octanol–water partition coefficient (Wildman–Crippen LogP) is 0.595. The fraction of sp³-hybridized carbons (Fsp3) is 0.455. The molecule has 0 unspecified atom stereocenters. The lowest BCUT2D eigenvalue weighted by Gasteiger charge is -2.06. The summed E-state index contributed by atoms with van der Waals surface area (Å²) in [5.41, 5.74) is 8.25. The summed E-state index contributed by atoms with van der Waals surface area (Å²) in [5.74, 6) is 1.35. The SMILES string of the molecule is N[C@H]1CC[C@@H](c2nnc3c4[nH]cnc4ncn23)C1. The Labute approximate surface area is 102 Å². The van der Waals surface area contributed by atoms with Crippen LogP contribution in [0.2, 0.25) is 0 Å². The van der Waals surface area contributed by atoms with E-state index in [1.165, 1.54) is 0 Å². The van der Waals surface area contributed by atoms with Gasteiger partial charge in [-0.25, -0.2) is 9.97 Å². The van der Waals surface area contributed by atoms with Gasteiger partial charge < -0.3 is 10.7 Å². The van der Waals surface area contributed by atoms with E-state index in [1.807, 2.05) is 4.40 Å². The Kier molecular flexibility index (Phi) is 1.93. The maximum Gasteiger partial charge on any atom is 0.189 e. The zero-order chi connectivity index (χ0) is 12.1. The molecule has 3 aromatic heterocycles. The number of rotatable bonds is 1. The molecule has 3 heterocycles. The fourth-order valence-electron chi connectivity index (χ4n) is 2.78. The van der Waals surface area contributed by atoms with Crippen LogP contribution in [-0.4, -0.2) is 35.6 Å². The molecule has 1 aliphatic carbocycles. The standard InChI is InChI=1S/C11H13N7/c12-7-2-1-6(3-7)10-16-17-11-8-9(14-4-13-8)15-5-18(10)11/h4-7H,1-3,12H2,(H,13,14)/t6-,7+/m1/s1. The van der Waals surface area contributed by atoms with Crippen molar-refractivity contribution in [2.24, 2.45) is 5.73 Å². The van der Waals surface area contributed by atoms with Gasteiger partial charge in [-0.3, -0.25) is 4.40 Å². The topological polar surface area (TPSA) is 97.8 Å². The predicted molar refractivity (Wildman–Crippen MR) is 65.0 cm³/mol. The lowest BCUT2D eigenvalue weighted by molar-refractivity contribution is 0.635. The molecule has 0 bridgehead atoms. The largest absolute Gasteiger partial charge is 0.340 e. The molecule has 0 aliphatic heterocycles. The molecular formula is C11H13N7. The molecule has 3 aromatic rings. The van der Waals surface area contributed by atoms with E-state index in [9.17, 15) is 0 Å². The van der Waals surface area contributed by atoms with Crippen LogP contribution >= 0.6 is 0 Å². The van der Waals surface area contributed by atoms with Gasteiger partial charge in [-0.05, 0) is 19.3 Å². The summed E-state index contributed by atoms with van der Waals surface area (Å²) in [5, 5.41) is 8.56. The van der Waals surface area contributed by atoms with Crippen LogP contribution in [0.5, 0.6) is 0 Å². The van der Waals surface area contributed by atoms with Gasteiger partial charge >= 0.3 is 0 Å². The van der Waals surface area contributed by atoms with E-state index in [1.54, 1.807) is 12.7 Å². The molecule has 92 valence electrons. The van der Waals surface area contributed by atoms with Gasteiger partial charge in [0.05, 0.1) is 6.33 Å². The number of fused-ring (bicyclic) bond motifs is 3. The highest BCUT2D eigenvalue weighted by Gasteiger charge is 2.27. The summed E-state index contributed by atoms with van der Waals surface area (Å²) in [6.07, 6.45) is 6.47. The molecule has 4 rings (SSSR count). The van der Waals surface area contributed by atoms with Crippen molar-refractivity contribution >= 4 is 16.8 Å². The van der Waals surface area contributed by atoms with Gasteiger partial charge in [0.25, 0.3) is 0 Å². The third kappa shape index (κ3) is 1.28. The Balaban J connectivity index is 1.91. The van der Waals surface area contributed by atoms with Crippen molar-refractivity contribution in [2.45, 2.75) is 31.2 Å². The number of nitrogens with one attached hydrogen (secondary N) is 1. The second-order valence-corrected chi connectivity index (χ2v) is 4.87. The van der Waals surface area contributed by atoms with E-state index >= 15 is 0 Å². The van der Waals surface area contributed by atoms with E-state index in [0.717, 1.165) is 36.3 Å². The summed E-state index contributed by atoms with van der Waals surface area (Å²) in [4.78, 5) is 11.5. The third-order valence-electron chi connectivity index (χ3n) is 3.70. The Bertz CT molecular complexity index is 712. The number of nitrogens with zero attached hydrogens (tertiary/aromatic N) is 5. The molecule has 1 fully saturated rings. The number of nitrogens with two attached hydrogens (primary N) is 1. The van der Waals surface area contributed by atoms with Gasteiger partial charge in [-0.1, -0.05) is 0 Å². The first-order valence-electron chi connectivity index (χ1n) is 6.11. The van der Waals surface area contributed by atoms with Crippen LogP contribution < -0.4 is 5.73 Å². The number of imidazole rings is 1. The van der Waals surface area contributed by atoms with Gasteiger partial charge in [-0.15, -0.1) is 10.2 Å². The Morgan fingerprint density at radius 2 is 2.22 bits per heavy atom. The van der Waals surface area contributed by atoms with Crippen molar-refractivity contribution in [3.05, 3.63) is 18.5 Å². The molecule has 0 spiro atoms. The maximum atomic E-state index is 5.96. The number of H-pyrrole nitrogens is 1. The summed E-state index contributed by atoms with van der Waals surface area (Å²) >= 11 is 0. The summed E-state index contributed by atoms with van der Waals surface area (Å²) < 4.78 is 1.95. The Hall–Kier alpha value is -2.02. The van der Waals surface area contributed by atoms with Gasteiger partial charge in [-0.2, -0.15) is 0 Å². The molecule has 1 aliphatic rings. The van der Waals surface area contributed by atoms with Crippen molar-refractivity contribution in [1.82, 2.24) is 29.5 Å². The number of aromatic nitrogens is 6. The minimum absolute atomic E-state index is 0.284. The second-order valence-electron chi connectivity index (χ2n) is 4.87. The maximum absolute atomic E-state index is 5.96. The molecule has 0 saturated heterocycles. The second kappa shape index (κ2) is 3.49. The van der Waals surface area contributed by atoms with Crippen molar-refractivity contribution in [2.75, 3.05) is 0 Å². The van der Waals surface area contributed by atoms with E-state index in [0.29, 0.717) is 11.6 Å². The average molecular weight is 243 g/mol. The number of aromatic amines is 1. The summed E-state index contributed by atoms with van der Waals surface area (Å²) in [6, 6.07) is 0.284. The average Bonchev–Trinajstić information content (AvgIpc) is 3.03. The van der Waals surface area contributed by atoms with E-state index in [4.69, 9.17) is 5.73 Å². The Morgan fingerprint density at radius 3 is 3.06 bits per heavy atom. The van der Waals surface area contributed by atoms with E-state index in [-0.39, 0.29) is 6.04 Å². The highest BCUT2D eigenvalue weighted by molar-refractivity contribution is 5.84. The number of hydrogen-bond donors (Lipinski definition) is 2. The highest BCUT2D eigenvalue weighted by Crippen LogP contribution is 2.32. The van der Waals surface area contributed by atoms with Gasteiger partial charge in [0.2, 0.25) is 0 Å². The molecule has 0 aromatic carbocycles. The van der Waals surface area contributed by atoms with Crippen LogP contribution in [0.4, 0.5) is 0 Å². The molecule has 0 amide bonds. The molecular weight excluding hydrogens is 230 g/mol. The van der Waals surface area contributed by atoms with Gasteiger partial charge in [0.1, 0.15) is 17.7 Å².